The highest BCUT2D eigenvalue weighted by molar-refractivity contribution is 5.88. The van der Waals surface area contributed by atoms with Crippen LogP contribution >= 0.6 is 0 Å². The predicted octanol–water partition coefficient (Wildman–Crippen LogP) is 2.13. The number of carbonyl (C=O) groups excluding carboxylic acids is 1. The van der Waals surface area contributed by atoms with Gasteiger partial charge in [0.05, 0.1) is 13.7 Å². The molecular weight excluding hydrogens is 275 g/mol. The van der Waals surface area contributed by atoms with Crippen LogP contribution in [0.3, 0.4) is 0 Å². The summed E-state index contributed by atoms with van der Waals surface area (Å²) >= 11 is 0. The molecule has 0 bridgehead atoms. The third-order valence-electron chi connectivity index (χ3n) is 2.56. The zero-order valence-corrected chi connectivity index (χ0v) is 10.4. The van der Waals surface area contributed by atoms with Crippen LogP contribution < -0.4 is 0 Å². The molecule has 8 heteroatoms. The lowest BCUT2D eigenvalue weighted by Gasteiger charge is -2.08. The zero-order chi connectivity index (χ0) is 14.8. The molecule has 0 aliphatic heterocycles. The molecule has 106 valence electrons. The van der Waals surface area contributed by atoms with Crippen LogP contribution in [0.4, 0.5) is 13.2 Å². The van der Waals surface area contributed by atoms with Crippen LogP contribution in [-0.4, -0.2) is 28.1 Å². The Bertz CT molecular complexity index is 608. The molecule has 1 aromatic heterocycles. The van der Waals surface area contributed by atoms with Gasteiger partial charge in [-0.1, -0.05) is 35.5 Å². The summed E-state index contributed by atoms with van der Waals surface area (Å²) in [5.41, 5.74) is -1.36. The molecule has 2 aromatic rings. The molecular formula is C12H10F3N3O2. The van der Waals surface area contributed by atoms with Crippen molar-refractivity contribution in [2.45, 2.75) is 12.7 Å². The van der Waals surface area contributed by atoms with Crippen molar-refractivity contribution in [3.8, 4) is 0 Å². The number of ether oxygens (including phenoxy) is 1. The number of halogens is 3. The Morgan fingerprint density at radius 1 is 1.30 bits per heavy atom. The van der Waals surface area contributed by atoms with Crippen molar-refractivity contribution in [1.29, 1.82) is 0 Å². The van der Waals surface area contributed by atoms with Gasteiger partial charge in [0.1, 0.15) is 0 Å². The van der Waals surface area contributed by atoms with E-state index in [0.29, 0.717) is 5.56 Å². The summed E-state index contributed by atoms with van der Waals surface area (Å²) in [6, 6.07) is 8.64. The summed E-state index contributed by atoms with van der Waals surface area (Å²) in [7, 11) is 1.00. The SMILES string of the molecule is COC(=O)c1c(C(F)(F)F)nnn1Cc1ccccc1. The highest BCUT2D eigenvalue weighted by Gasteiger charge is 2.41. The Morgan fingerprint density at radius 2 is 1.95 bits per heavy atom. The molecule has 0 amide bonds. The van der Waals surface area contributed by atoms with E-state index in [-0.39, 0.29) is 6.54 Å². The fraction of sp³-hybridized carbons (Fsp3) is 0.250. The van der Waals surface area contributed by atoms with Gasteiger partial charge in [-0.15, -0.1) is 5.10 Å². The maximum absolute atomic E-state index is 12.8. The largest absolute Gasteiger partial charge is 0.464 e. The van der Waals surface area contributed by atoms with Crippen LogP contribution in [0.15, 0.2) is 30.3 Å². The van der Waals surface area contributed by atoms with Gasteiger partial charge in [-0.2, -0.15) is 13.2 Å². The van der Waals surface area contributed by atoms with E-state index in [0.717, 1.165) is 11.8 Å². The van der Waals surface area contributed by atoms with Crippen molar-refractivity contribution in [1.82, 2.24) is 15.0 Å². The summed E-state index contributed by atoms with van der Waals surface area (Å²) in [4.78, 5) is 11.5. The van der Waals surface area contributed by atoms with Crippen LogP contribution in [-0.2, 0) is 17.5 Å². The molecule has 0 N–H and O–H groups in total. The number of methoxy groups -OCH3 is 1. The van der Waals surface area contributed by atoms with Gasteiger partial charge < -0.3 is 4.74 Å². The summed E-state index contributed by atoms with van der Waals surface area (Å²) in [6.07, 6.45) is -4.77. The van der Waals surface area contributed by atoms with E-state index in [1.54, 1.807) is 30.3 Å². The van der Waals surface area contributed by atoms with Crippen LogP contribution in [0.1, 0.15) is 21.7 Å². The summed E-state index contributed by atoms with van der Waals surface area (Å²) in [5.74, 6) is -1.13. The minimum Gasteiger partial charge on any atom is -0.464 e. The molecule has 0 atom stereocenters. The predicted molar refractivity (Wildman–Crippen MR) is 61.9 cm³/mol. The molecule has 0 aliphatic carbocycles. The van der Waals surface area contributed by atoms with Gasteiger partial charge in [-0.3, -0.25) is 0 Å². The number of alkyl halides is 3. The number of rotatable bonds is 3. The van der Waals surface area contributed by atoms with Gasteiger partial charge in [0, 0.05) is 0 Å². The Morgan fingerprint density at radius 3 is 2.50 bits per heavy atom. The van der Waals surface area contributed by atoms with E-state index < -0.39 is 23.5 Å². The third kappa shape index (κ3) is 2.79. The van der Waals surface area contributed by atoms with Crippen LogP contribution in [0, 0.1) is 0 Å². The van der Waals surface area contributed by atoms with E-state index in [1.165, 1.54) is 0 Å². The van der Waals surface area contributed by atoms with Gasteiger partial charge >= 0.3 is 12.1 Å². The van der Waals surface area contributed by atoms with Crippen LogP contribution in [0.25, 0.3) is 0 Å². The zero-order valence-electron chi connectivity index (χ0n) is 10.4. The Hall–Kier alpha value is -2.38. The van der Waals surface area contributed by atoms with Gasteiger partial charge in [0.15, 0.2) is 5.69 Å². The van der Waals surface area contributed by atoms with Crippen molar-refractivity contribution >= 4 is 5.97 Å². The van der Waals surface area contributed by atoms with Crippen molar-refractivity contribution in [2.75, 3.05) is 7.11 Å². The number of benzene rings is 1. The lowest BCUT2D eigenvalue weighted by Crippen LogP contribution is -2.18. The number of nitrogens with zero attached hydrogens (tertiary/aromatic N) is 3. The Labute approximate surface area is 112 Å². The first-order valence-corrected chi connectivity index (χ1v) is 5.56. The highest BCUT2D eigenvalue weighted by Crippen LogP contribution is 2.30. The van der Waals surface area contributed by atoms with Gasteiger partial charge in [0.2, 0.25) is 5.69 Å². The second-order valence-electron chi connectivity index (χ2n) is 3.92. The molecule has 0 spiro atoms. The second kappa shape index (κ2) is 5.32. The molecule has 1 aromatic carbocycles. The van der Waals surface area contributed by atoms with Crippen molar-refractivity contribution in [2.24, 2.45) is 0 Å². The lowest BCUT2D eigenvalue weighted by molar-refractivity contribution is -0.141. The Balaban J connectivity index is 2.44. The quantitative estimate of drug-likeness (QED) is 0.811. The first-order chi connectivity index (χ1) is 9.43. The fourth-order valence-electron chi connectivity index (χ4n) is 1.67. The number of esters is 1. The van der Waals surface area contributed by atoms with E-state index >= 15 is 0 Å². The minimum atomic E-state index is -4.77. The van der Waals surface area contributed by atoms with Gasteiger partial charge in [0.25, 0.3) is 0 Å². The molecule has 0 aliphatic rings. The molecule has 0 saturated heterocycles. The molecule has 5 nitrogen and oxygen atoms in total. The lowest BCUT2D eigenvalue weighted by atomic mass is 10.2. The van der Waals surface area contributed by atoms with Gasteiger partial charge in [-0.05, 0) is 5.56 Å². The van der Waals surface area contributed by atoms with E-state index in [4.69, 9.17) is 0 Å². The third-order valence-corrected chi connectivity index (χ3v) is 2.56. The van der Waals surface area contributed by atoms with Crippen LogP contribution in [0.2, 0.25) is 0 Å². The number of carbonyl (C=O) groups is 1. The van der Waals surface area contributed by atoms with Crippen LogP contribution in [0.5, 0.6) is 0 Å². The monoisotopic (exact) mass is 285 g/mol. The first kappa shape index (κ1) is 14.0. The molecule has 1 heterocycles. The van der Waals surface area contributed by atoms with Crippen molar-refractivity contribution in [3.63, 3.8) is 0 Å². The van der Waals surface area contributed by atoms with E-state index in [1.807, 2.05) is 0 Å². The maximum atomic E-state index is 12.8. The minimum absolute atomic E-state index is 0.00560. The maximum Gasteiger partial charge on any atom is 0.437 e. The fourth-order valence-corrected chi connectivity index (χ4v) is 1.67. The van der Waals surface area contributed by atoms with Crippen molar-refractivity contribution in [3.05, 3.63) is 47.3 Å². The number of hydrogen-bond donors (Lipinski definition) is 0. The number of hydrogen-bond acceptors (Lipinski definition) is 4. The molecule has 2 rings (SSSR count). The normalized spacial score (nSPS) is 11.4. The second-order valence-corrected chi connectivity index (χ2v) is 3.92. The molecule has 20 heavy (non-hydrogen) atoms. The average Bonchev–Trinajstić information content (AvgIpc) is 2.82. The molecule has 0 unspecified atom stereocenters. The summed E-state index contributed by atoms with van der Waals surface area (Å²) < 4.78 is 43.6. The molecule has 0 fully saturated rings. The van der Waals surface area contributed by atoms with Crippen molar-refractivity contribution < 1.29 is 22.7 Å². The Kier molecular flexibility index (Phi) is 3.73. The summed E-state index contributed by atoms with van der Waals surface area (Å²) in [6.45, 7) is -0.00560. The standard InChI is InChI=1S/C12H10F3N3O2/c1-20-11(19)9-10(12(13,14)15)16-17-18(9)7-8-5-3-2-4-6-8/h2-6H,7H2,1H3. The van der Waals surface area contributed by atoms with E-state index in [9.17, 15) is 18.0 Å². The average molecular weight is 285 g/mol. The highest BCUT2D eigenvalue weighted by atomic mass is 19.4. The first-order valence-electron chi connectivity index (χ1n) is 5.56. The molecule has 0 radical (unpaired) electrons. The van der Waals surface area contributed by atoms with Gasteiger partial charge in [-0.25, -0.2) is 9.48 Å². The number of aromatic nitrogens is 3. The summed E-state index contributed by atoms with van der Waals surface area (Å²) in [5, 5.41) is 6.43. The topological polar surface area (TPSA) is 57.0 Å². The smallest absolute Gasteiger partial charge is 0.437 e. The molecule has 0 saturated carbocycles. The van der Waals surface area contributed by atoms with E-state index in [2.05, 4.69) is 15.0 Å².